The average Bonchev–Trinajstić information content (AvgIpc) is 2.37. The van der Waals surface area contributed by atoms with E-state index < -0.39 is 60.2 Å². The van der Waals surface area contributed by atoms with Crippen LogP contribution in [0.25, 0.3) is 0 Å². The van der Waals surface area contributed by atoms with Gasteiger partial charge in [-0.3, -0.25) is 4.79 Å². The summed E-state index contributed by atoms with van der Waals surface area (Å²) >= 11 is 0. The maximum atomic E-state index is 13.4. The molecule has 1 aromatic rings. The van der Waals surface area contributed by atoms with Crippen LogP contribution in [0.4, 0.5) is 17.6 Å². The fraction of sp³-hybridized carbons (Fsp3) is 0.364. The predicted octanol–water partition coefficient (Wildman–Crippen LogP) is 1.68. The molecule has 8 heteroatoms. The molecule has 0 aromatic heterocycles. The van der Waals surface area contributed by atoms with Crippen molar-refractivity contribution in [1.82, 2.24) is 0 Å². The third-order valence-corrected chi connectivity index (χ3v) is 2.21. The molecule has 0 unspecified atom stereocenters. The van der Waals surface area contributed by atoms with E-state index in [4.69, 9.17) is 5.11 Å². The summed E-state index contributed by atoms with van der Waals surface area (Å²) in [5, 5.41) is 8.41. The number of carbonyl (C=O) groups is 1. The lowest BCUT2D eigenvalue weighted by Crippen LogP contribution is -2.11. The Hall–Kier alpha value is -1.83. The number of aliphatic hydroxyl groups excluding tert-OH is 1. The maximum absolute atomic E-state index is 13.4. The second kappa shape index (κ2) is 6.37. The average molecular weight is 282 g/mol. The summed E-state index contributed by atoms with van der Waals surface area (Å²) in [6.07, 6.45) is -0.398. The van der Waals surface area contributed by atoms with Gasteiger partial charge in [-0.2, -0.15) is 8.78 Å². The number of ether oxygens (including phenoxy) is 2. The van der Waals surface area contributed by atoms with E-state index in [0.29, 0.717) is 0 Å². The molecule has 0 bridgehead atoms. The van der Waals surface area contributed by atoms with Gasteiger partial charge in [0.25, 0.3) is 0 Å². The minimum atomic E-state index is -1.71. The van der Waals surface area contributed by atoms with Gasteiger partial charge < -0.3 is 14.6 Å². The number of aliphatic hydroxyl groups is 1. The van der Waals surface area contributed by atoms with Crippen LogP contribution in [0.2, 0.25) is 0 Å². The highest BCUT2D eigenvalue weighted by Gasteiger charge is 2.26. The molecule has 1 N–H and O–H groups in total. The molecule has 1 aromatic carbocycles. The number of methoxy groups -OCH3 is 1. The third kappa shape index (κ3) is 3.14. The van der Waals surface area contributed by atoms with Crippen LogP contribution in [0.5, 0.6) is 5.75 Å². The van der Waals surface area contributed by atoms with Crippen molar-refractivity contribution in [2.24, 2.45) is 0 Å². The fourth-order valence-electron chi connectivity index (χ4n) is 1.28. The van der Waals surface area contributed by atoms with E-state index >= 15 is 0 Å². The monoisotopic (exact) mass is 282 g/mol. The normalized spacial score (nSPS) is 10.4. The number of benzene rings is 1. The molecule has 0 saturated heterocycles. The number of hydrogen-bond acceptors (Lipinski definition) is 4. The topological polar surface area (TPSA) is 55.8 Å². The molecule has 0 amide bonds. The predicted molar refractivity (Wildman–Crippen MR) is 54.3 cm³/mol. The molecule has 0 radical (unpaired) electrons. The lowest BCUT2D eigenvalue weighted by molar-refractivity contribution is -0.145. The van der Waals surface area contributed by atoms with Crippen LogP contribution >= 0.6 is 0 Å². The molecule has 0 atom stereocenters. The lowest BCUT2D eigenvalue weighted by atomic mass is 10.1. The quantitative estimate of drug-likeness (QED) is 0.507. The second-order valence-corrected chi connectivity index (χ2v) is 3.40. The van der Waals surface area contributed by atoms with Crippen molar-refractivity contribution in [3.8, 4) is 5.75 Å². The molecule has 0 spiro atoms. The smallest absolute Gasteiger partial charge is 0.308 e. The fourth-order valence-corrected chi connectivity index (χ4v) is 1.28. The molecule has 0 aliphatic carbocycles. The van der Waals surface area contributed by atoms with Crippen molar-refractivity contribution in [2.75, 3.05) is 13.7 Å². The van der Waals surface area contributed by atoms with Crippen LogP contribution in [0.1, 0.15) is 12.0 Å². The van der Waals surface area contributed by atoms with Gasteiger partial charge >= 0.3 is 5.97 Å². The number of carbonyl (C=O) groups excluding carboxylic acids is 1. The highest BCUT2D eigenvalue weighted by Crippen LogP contribution is 2.30. The number of rotatable bonds is 5. The molecule has 0 saturated carbocycles. The first kappa shape index (κ1) is 15.2. The molecule has 0 aliphatic heterocycles. The molecule has 1 rings (SSSR count). The molecule has 0 heterocycles. The van der Waals surface area contributed by atoms with Crippen LogP contribution in [-0.4, -0.2) is 24.8 Å². The highest BCUT2D eigenvalue weighted by molar-refractivity contribution is 5.69. The third-order valence-electron chi connectivity index (χ3n) is 2.21. The summed E-state index contributed by atoms with van der Waals surface area (Å²) in [7, 11) is 0.849. The highest BCUT2D eigenvalue weighted by atomic mass is 19.2. The second-order valence-electron chi connectivity index (χ2n) is 3.40. The van der Waals surface area contributed by atoms with Gasteiger partial charge in [-0.05, 0) is 0 Å². The van der Waals surface area contributed by atoms with E-state index in [2.05, 4.69) is 9.47 Å². The Morgan fingerprint density at radius 3 is 2.05 bits per heavy atom. The van der Waals surface area contributed by atoms with E-state index in [1.165, 1.54) is 0 Å². The van der Waals surface area contributed by atoms with E-state index in [1.54, 1.807) is 0 Å². The van der Waals surface area contributed by atoms with Gasteiger partial charge in [0, 0.05) is 0 Å². The Balaban J connectivity index is 3.05. The number of esters is 1. The van der Waals surface area contributed by atoms with Gasteiger partial charge in [-0.1, -0.05) is 0 Å². The van der Waals surface area contributed by atoms with Gasteiger partial charge in [0.05, 0.1) is 25.7 Å². The zero-order valence-electron chi connectivity index (χ0n) is 9.81. The molecule has 19 heavy (non-hydrogen) atoms. The first-order valence-electron chi connectivity index (χ1n) is 5.09. The standard InChI is InChI=1S/C11H10F4O4/c1-18-11-9(14)7(12)5(8(13)10(11)15)4-19-6(17)2-3-16/h16H,2-4H2,1H3. The summed E-state index contributed by atoms with van der Waals surface area (Å²) in [5.41, 5.74) is -1.07. The Bertz CT molecular complexity index is 461. The van der Waals surface area contributed by atoms with Crippen LogP contribution in [0.15, 0.2) is 0 Å². The lowest BCUT2D eigenvalue weighted by Gasteiger charge is -2.11. The summed E-state index contributed by atoms with van der Waals surface area (Å²) in [6.45, 7) is -1.51. The minimum Gasteiger partial charge on any atom is -0.491 e. The van der Waals surface area contributed by atoms with Crippen LogP contribution in [0.3, 0.4) is 0 Å². The molecule has 0 aliphatic rings. The van der Waals surface area contributed by atoms with E-state index in [9.17, 15) is 22.4 Å². The van der Waals surface area contributed by atoms with Gasteiger partial charge in [0.15, 0.2) is 17.4 Å². The molecule has 0 fully saturated rings. The first-order chi connectivity index (χ1) is 8.93. The SMILES string of the molecule is COc1c(F)c(F)c(COC(=O)CCO)c(F)c1F. The van der Waals surface area contributed by atoms with Crippen molar-refractivity contribution < 1.29 is 36.9 Å². The van der Waals surface area contributed by atoms with Crippen molar-refractivity contribution in [3.63, 3.8) is 0 Å². The van der Waals surface area contributed by atoms with Crippen molar-refractivity contribution in [3.05, 3.63) is 28.8 Å². The largest absolute Gasteiger partial charge is 0.491 e. The van der Waals surface area contributed by atoms with Crippen molar-refractivity contribution in [2.45, 2.75) is 13.0 Å². The molecule has 106 valence electrons. The van der Waals surface area contributed by atoms with Gasteiger partial charge in [0.1, 0.15) is 6.61 Å². The zero-order chi connectivity index (χ0) is 14.6. The van der Waals surface area contributed by atoms with Crippen molar-refractivity contribution >= 4 is 5.97 Å². The van der Waals surface area contributed by atoms with E-state index in [-0.39, 0.29) is 0 Å². The van der Waals surface area contributed by atoms with Crippen molar-refractivity contribution in [1.29, 1.82) is 0 Å². The van der Waals surface area contributed by atoms with Crippen LogP contribution in [0, 0.1) is 23.3 Å². The molecular formula is C11H10F4O4. The van der Waals surface area contributed by atoms with E-state index in [1.807, 2.05) is 0 Å². The van der Waals surface area contributed by atoms with Gasteiger partial charge in [-0.25, -0.2) is 8.78 Å². The Morgan fingerprint density at radius 2 is 1.63 bits per heavy atom. The van der Waals surface area contributed by atoms with Gasteiger partial charge in [0.2, 0.25) is 11.6 Å². The maximum Gasteiger partial charge on any atom is 0.308 e. The summed E-state index contributed by atoms with van der Waals surface area (Å²) < 4.78 is 62.0. The summed E-state index contributed by atoms with van der Waals surface area (Å²) in [5.74, 6) is -8.98. The van der Waals surface area contributed by atoms with Gasteiger partial charge in [-0.15, -0.1) is 0 Å². The summed E-state index contributed by atoms with van der Waals surface area (Å²) in [4.78, 5) is 10.9. The molecule has 4 nitrogen and oxygen atoms in total. The number of hydrogen-bond donors (Lipinski definition) is 1. The number of halogens is 4. The Labute approximate surface area is 105 Å². The zero-order valence-corrected chi connectivity index (χ0v) is 9.81. The minimum absolute atomic E-state index is 0.398. The first-order valence-corrected chi connectivity index (χ1v) is 5.09. The summed E-state index contributed by atoms with van der Waals surface area (Å²) in [6, 6.07) is 0. The van der Waals surface area contributed by atoms with Crippen LogP contribution < -0.4 is 4.74 Å². The van der Waals surface area contributed by atoms with E-state index in [0.717, 1.165) is 7.11 Å². The Morgan fingerprint density at radius 1 is 1.11 bits per heavy atom. The Kier molecular flexibility index (Phi) is 5.11. The van der Waals surface area contributed by atoms with Crippen LogP contribution in [-0.2, 0) is 16.1 Å². The molecular weight excluding hydrogens is 272 g/mol.